The van der Waals surface area contributed by atoms with Gasteiger partial charge in [0.25, 0.3) is 0 Å². The molecule has 0 aromatic rings. The van der Waals surface area contributed by atoms with E-state index in [0.717, 1.165) is 0 Å². The zero-order valence-electron chi connectivity index (χ0n) is 3.54. The minimum Gasteiger partial charge on any atom is -0.326 e. The van der Waals surface area contributed by atoms with Crippen LogP contribution >= 0.6 is 16.8 Å². The summed E-state index contributed by atoms with van der Waals surface area (Å²) in [6.07, 6.45) is 0. The Bertz CT molecular complexity index is 61.4. The SMILES string of the molecule is OP(O)O[P+](O)(O)O. The zero-order chi connectivity index (χ0) is 6.78. The van der Waals surface area contributed by atoms with Crippen molar-refractivity contribution in [2.45, 2.75) is 0 Å². The predicted octanol–water partition coefficient (Wildman–Crippen LogP) is -1.13. The van der Waals surface area contributed by atoms with Crippen LogP contribution in [0.15, 0.2) is 0 Å². The van der Waals surface area contributed by atoms with E-state index in [1.54, 1.807) is 0 Å². The molecular weight excluding hydrogens is 158 g/mol. The van der Waals surface area contributed by atoms with Gasteiger partial charge in [-0.1, -0.05) is 4.31 Å². The van der Waals surface area contributed by atoms with Crippen LogP contribution in [0.2, 0.25) is 0 Å². The van der Waals surface area contributed by atoms with Gasteiger partial charge in [-0.2, -0.15) is 14.7 Å². The van der Waals surface area contributed by atoms with E-state index in [4.69, 9.17) is 24.5 Å². The van der Waals surface area contributed by atoms with Crippen LogP contribution in [0.3, 0.4) is 0 Å². The van der Waals surface area contributed by atoms with Gasteiger partial charge in [-0.3, -0.25) is 0 Å². The van der Waals surface area contributed by atoms with Crippen molar-refractivity contribution < 1.29 is 28.8 Å². The Labute approximate surface area is 46.6 Å². The van der Waals surface area contributed by atoms with E-state index in [0.29, 0.717) is 0 Å². The Morgan fingerprint density at radius 2 is 1.50 bits per heavy atom. The second kappa shape index (κ2) is 2.96. The Kier molecular flexibility index (Phi) is 3.19. The molecule has 8 heavy (non-hydrogen) atoms. The molecule has 0 bridgehead atoms. The summed E-state index contributed by atoms with van der Waals surface area (Å²) in [6, 6.07) is 0. The van der Waals surface area contributed by atoms with Crippen molar-refractivity contribution >= 4 is 16.8 Å². The smallest absolute Gasteiger partial charge is 0.326 e. The molecule has 0 spiro atoms. The summed E-state index contributed by atoms with van der Waals surface area (Å²) in [5.41, 5.74) is 0. The lowest BCUT2D eigenvalue weighted by atomic mass is 15.7. The van der Waals surface area contributed by atoms with E-state index in [1.165, 1.54) is 0 Å². The van der Waals surface area contributed by atoms with Crippen LogP contribution in [0.5, 0.6) is 0 Å². The molecule has 6 nitrogen and oxygen atoms in total. The van der Waals surface area contributed by atoms with E-state index < -0.39 is 16.8 Å². The molecule has 0 heterocycles. The van der Waals surface area contributed by atoms with Gasteiger partial charge in [0.2, 0.25) is 0 Å². The lowest BCUT2D eigenvalue weighted by molar-refractivity contribution is 0.222. The Balaban J connectivity index is 3.39. The average Bonchev–Trinajstić information content (AvgIpc) is 1.21. The molecule has 0 rings (SSSR count). The summed E-state index contributed by atoms with van der Waals surface area (Å²) >= 11 is 0. The topological polar surface area (TPSA) is 110 Å². The summed E-state index contributed by atoms with van der Waals surface area (Å²) < 4.78 is 3.39. The molecule has 0 atom stereocenters. The maximum Gasteiger partial charge on any atom is 0.575 e. The van der Waals surface area contributed by atoms with Crippen molar-refractivity contribution in [1.82, 2.24) is 0 Å². The van der Waals surface area contributed by atoms with Crippen LogP contribution in [-0.2, 0) is 4.31 Å². The minimum absolute atomic E-state index is 2.89. The van der Waals surface area contributed by atoms with Crippen LogP contribution in [0, 0.1) is 0 Å². The molecule has 0 unspecified atom stereocenters. The van der Waals surface area contributed by atoms with E-state index >= 15 is 0 Å². The van der Waals surface area contributed by atoms with Crippen molar-refractivity contribution in [2.75, 3.05) is 0 Å². The first-order chi connectivity index (χ1) is 3.42. The zero-order valence-corrected chi connectivity index (χ0v) is 5.33. The largest absolute Gasteiger partial charge is 0.575 e. The fourth-order valence-electron chi connectivity index (χ4n) is 0.0980. The number of hydrogen-bond acceptors (Lipinski definition) is 6. The van der Waals surface area contributed by atoms with Gasteiger partial charge in [0.15, 0.2) is 0 Å². The molecule has 5 N–H and O–H groups in total. The molecule has 50 valence electrons. The van der Waals surface area contributed by atoms with Gasteiger partial charge < -0.3 is 9.79 Å². The monoisotopic (exact) mass is 163 g/mol. The van der Waals surface area contributed by atoms with Crippen LogP contribution in [0.1, 0.15) is 0 Å². The maximum atomic E-state index is 7.88. The second-order valence-electron chi connectivity index (χ2n) is 0.848. The van der Waals surface area contributed by atoms with Gasteiger partial charge in [0.1, 0.15) is 0 Å². The molecule has 0 aromatic carbocycles. The van der Waals surface area contributed by atoms with E-state index in [9.17, 15) is 0 Å². The van der Waals surface area contributed by atoms with Crippen molar-refractivity contribution in [2.24, 2.45) is 0 Å². The van der Waals surface area contributed by atoms with Crippen molar-refractivity contribution in [1.29, 1.82) is 0 Å². The molecule has 0 aliphatic rings. The lowest BCUT2D eigenvalue weighted by Crippen LogP contribution is -1.88. The highest BCUT2D eigenvalue weighted by molar-refractivity contribution is 7.61. The third-order valence-corrected chi connectivity index (χ3v) is 1.64. The van der Waals surface area contributed by atoms with Crippen molar-refractivity contribution in [3.8, 4) is 0 Å². The van der Waals surface area contributed by atoms with Gasteiger partial charge in [0, 0.05) is 0 Å². The van der Waals surface area contributed by atoms with Crippen LogP contribution in [0.25, 0.3) is 0 Å². The molecule has 0 aliphatic heterocycles. The highest BCUT2D eigenvalue weighted by Gasteiger charge is 2.37. The van der Waals surface area contributed by atoms with Gasteiger partial charge >= 0.3 is 16.8 Å². The van der Waals surface area contributed by atoms with Crippen LogP contribution in [-0.4, -0.2) is 24.5 Å². The lowest BCUT2D eigenvalue weighted by Gasteiger charge is -1.99. The standard InChI is InChI=1S/H5O6P2/c1-7(2)6-8(3,4)5/h1-5H/q+1. The van der Waals surface area contributed by atoms with Crippen molar-refractivity contribution in [3.05, 3.63) is 0 Å². The first kappa shape index (κ1) is 8.62. The van der Waals surface area contributed by atoms with Crippen LogP contribution < -0.4 is 0 Å². The Hall–Kier alpha value is 0.620. The third-order valence-electron chi connectivity index (χ3n) is 0.183. The second-order valence-corrected chi connectivity index (χ2v) is 3.03. The molecule has 0 amide bonds. The summed E-state index contributed by atoms with van der Waals surface area (Å²) in [5.74, 6) is 0. The average molecular weight is 163 g/mol. The molecule has 0 saturated heterocycles. The molecule has 0 saturated carbocycles. The van der Waals surface area contributed by atoms with Gasteiger partial charge in [0.05, 0.1) is 0 Å². The van der Waals surface area contributed by atoms with Gasteiger partial charge in [-0.05, 0) is 0 Å². The number of hydrogen-bond donors (Lipinski definition) is 5. The highest BCUT2D eigenvalue weighted by Crippen LogP contribution is 2.55. The first-order valence-electron chi connectivity index (χ1n) is 1.37. The molecule has 8 heteroatoms. The Morgan fingerprint density at radius 3 is 1.50 bits per heavy atom. The van der Waals surface area contributed by atoms with Crippen molar-refractivity contribution in [3.63, 3.8) is 0 Å². The normalized spacial score (nSPS) is 12.8. The predicted molar refractivity (Wildman–Crippen MR) is 26.0 cm³/mol. The third kappa shape index (κ3) is 6.62. The van der Waals surface area contributed by atoms with E-state index in [-0.39, 0.29) is 0 Å². The minimum atomic E-state index is -4.44. The molecule has 0 fully saturated rings. The molecule has 0 aromatic heterocycles. The maximum absolute atomic E-state index is 7.88. The van der Waals surface area contributed by atoms with E-state index in [1.807, 2.05) is 0 Å². The quantitative estimate of drug-likeness (QED) is 0.329. The first-order valence-corrected chi connectivity index (χ1v) is 4.10. The fourth-order valence-corrected chi connectivity index (χ4v) is 0.882. The summed E-state index contributed by atoms with van der Waals surface area (Å²) in [6.45, 7) is 0. The summed E-state index contributed by atoms with van der Waals surface area (Å²) in [5, 5.41) is 0. The highest BCUT2D eigenvalue weighted by atomic mass is 31.3. The number of rotatable bonds is 2. The fraction of sp³-hybridized carbons (Fsp3) is 0. The summed E-state index contributed by atoms with van der Waals surface area (Å²) in [7, 11) is -7.33. The summed E-state index contributed by atoms with van der Waals surface area (Å²) in [4.78, 5) is 39.3. The molecule has 0 radical (unpaired) electrons. The Morgan fingerprint density at radius 1 is 1.12 bits per heavy atom. The van der Waals surface area contributed by atoms with Gasteiger partial charge in [-0.25, -0.2) is 0 Å². The molecule has 0 aliphatic carbocycles. The van der Waals surface area contributed by atoms with E-state index in [2.05, 4.69) is 4.31 Å². The van der Waals surface area contributed by atoms with Crippen LogP contribution in [0.4, 0.5) is 0 Å². The van der Waals surface area contributed by atoms with Gasteiger partial charge in [-0.15, -0.1) is 0 Å². The molecular formula is H5O6P2+.